The summed E-state index contributed by atoms with van der Waals surface area (Å²) >= 11 is 0. The molecule has 166 valence electrons. The van der Waals surface area contributed by atoms with Crippen LogP contribution < -0.4 is 14.8 Å². The maximum absolute atomic E-state index is 13.5. The minimum atomic E-state index is -0.0346. The van der Waals surface area contributed by atoms with E-state index in [4.69, 9.17) is 14.5 Å². The van der Waals surface area contributed by atoms with Crippen molar-refractivity contribution in [2.45, 2.75) is 38.6 Å². The quantitative estimate of drug-likeness (QED) is 0.563. The summed E-state index contributed by atoms with van der Waals surface area (Å²) in [5.74, 6) is 3.56. The normalized spacial score (nSPS) is 22.7. The lowest BCUT2D eigenvalue weighted by atomic mass is 9.84. The Morgan fingerprint density at radius 2 is 1.91 bits per heavy atom. The lowest BCUT2D eigenvalue weighted by Crippen LogP contribution is -2.40. The molecule has 2 aliphatic rings. The third-order valence-electron chi connectivity index (χ3n) is 7.44. The van der Waals surface area contributed by atoms with Crippen LogP contribution in [-0.4, -0.2) is 31.2 Å². The molecule has 4 atom stereocenters. The summed E-state index contributed by atoms with van der Waals surface area (Å²) in [5.41, 5.74) is 2.98. The lowest BCUT2D eigenvalue weighted by Gasteiger charge is -2.28. The van der Waals surface area contributed by atoms with Gasteiger partial charge in [0.25, 0.3) is 5.91 Å². The van der Waals surface area contributed by atoms with Crippen molar-refractivity contribution in [1.82, 2.24) is 10.3 Å². The van der Waals surface area contributed by atoms with Gasteiger partial charge in [-0.15, -0.1) is 0 Å². The van der Waals surface area contributed by atoms with E-state index in [1.54, 1.807) is 14.2 Å². The Morgan fingerprint density at radius 1 is 1.06 bits per heavy atom. The van der Waals surface area contributed by atoms with E-state index >= 15 is 0 Å². The zero-order valence-corrected chi connectivity index (χ0v) is 18.9. The number of fused-ring (bicyclic) bond motifs is 3. The van der Waals surface area contributed by atoms with E-state index < -0.39 is 0 Å². The van der Waals surface area contributed by atoms with Crippen molar-refractivity contribution in [3.8, 4) is 22.8 Å². The fourth-order valence-corrected chi connectivity index (χ4v) is 5.81. The van der Waals surface area contributed by atoms with Gasteiger partial charge in [0, 0.05) is 23.1 Å². The van der Waals surface area contributed by atoms with Gasteiger partial charge in [0.05, 0.1) is 31.0 Å². The molecule has 5 nitrogen and oxygen atoms in total. The van der Waals surface area contributed by atoms with E-state index in [0.717, 1.165) is 28.3 Å². The maximum Gasteiger partial charge on any atom is 0.252 e. The molecule has 2 fully saturated rings. The molecule has 1 N–H and O–H groups in total. The minimum absolute atomic E-state index is 0.0346. The number of nitrogens with zero attached hydrogens (tertiary/aromatic N) is 1. The molecule has 4 unspecified atom stereocenters. The fourth-order valence-electron chi connectivity index (χ4n) is 5.81. The number of para-hydroxylation sites is 1. The van der Waals surface area contributed by atoms with Crippen molar-refractivity contribution >= 4 is 16.8 Å². The van der Waals surface area contributed by atoms with Gasteiger partial charge < -0.3 is 14.8 Å². The van der Waals surface area contributed by atoms with Crippen LogP contribution in [0.4, 0.5) is 0 Å². The Hall–Kier alpha value is -3.08. The highest BCUT2D eigenvalue weighted by molar-refractivity contribution is 6.07. The molecule has 2 aromatic carbocycles. The van der Waals surface area contributed by atoms with E-state index in [1.807, 2.05) is 48.5 Å². The number of nitrogens with one attached hydrogen (secondary N) is 1. The van der Waals surface area contributed by atoms with E-state index in [0.29, 0.717) is 28.7 Å². The van der Waals surface area contributed by atoms with E-state index in [2.05, 4.69) is 12.2 Å². The standard InChI is InChI=1S/C27H30N2O3/c1-16(22-13-17-8-9-18(22)12-17)28-27(30)23-15-25(29-24-7-5-4-6-20(23)24)21-11-10-19(31-2)14-26(21)32-3/h4-7,10-11,14-18,22H,8-9,12-13H2,1-3H3,(H,28,30). The number of pyridine rings is 1. The Kier molecular flexibility index (Phi) is 5.50. The molecule has 2 saturated carbocycles. The summed E-state index contributed by atoms with van der Waals surface area (Å²) in [5, 5.41) is 4.19. The number of hydrogen-bond donors (Lipinski definition) is 1. The highest BCUT2D eigenvalue weighted by atomic mass is 16.5. The van der Waals surface area contributed by atoms with Crippen molar-refractivity contribution in [1.29, 1.82) is 0 Å². The molecule has 1 amide bonds. The number of hydrogen-bond acceptors (Lipinski definition) is 4. The molecule has 2 bridgehead atoms. The largest absolute Gasteiger partial charge is 0.497 e. The van der Waals surface area contributed by atoms with Crippen LogP contribution in [0.3, 0.4) is 0 Å². The van der Waals surface area contributed by atoms with E-state index in [9.17, 15) is 4.79 Å². The second-order valence-electron chi connectivity index (χ2n) is 9.24. The van der Waals surface area contributed by atoms with Gasteiger partial charge in [0.1, 0.15) is 11.5 Å². The van der Waals surface area contributed by atoms with Crippen LogP contribution in [0.2, 0.25) is 0 Å². The van der Waals surface area contributed by atoms with Gasteiger partial charge in [-0.05, 0) is 68.2 Å². The van der Waals surface area contributed by atoms with Gasteiger partial charge in [-0.3, -0.25) is 4.79 Å². The molecular formula is C27H30N2O3. The van der Waals surface area contributed by atoms with Crippen molar-refractivity contribution in [3.63, 3.8) is 0 Å². The number of rotatable bonds is 6. The summed E-state index contributed by atoms with van der Waals surface area (Å²) in [4.78, 5) is 18.3. The molecule has 0 saturated heterocycles. The first-order chi connectivity index (χ1) is 15.6. The Morgan fingerprint density at radius 3 is 2.62 bits per heavy atom. The Balaban J connectivity index is 1.51. The van der Waals surface area contributed by atoms with E-state index in [-0.39, 0.29) is 11.9 Å². The zero-order chi connectivity index (χ0) is 22.2. The number of carbonyl (C=O) groups excluding carboxylic acids is 1. The Labute approximate surface area is 189 Å². The molecule has 0 spiro atoms. The molecule has 5 heteroatoms. The average molecular weight is 431 g/mol. The molecule has 0 radical (unpaired) electrons. The molecule has 32 heavy (non-hydrogen) atoms. The summed E-state index contributed by atoms with van der Waals surface area (Å²) in [6, 6.07) is 15.5. The molecule has 0 aliphatic heterocycles. The van der Waals surface area contributed by atoms with Crippen LogP contribution in [-0.2, 0) is 0 Å². The number of carbonyl (C=O) groups is 1. The van der Waals surface area contributed by atoms with Gasteiger partial charge in [-0.2, -0.15) is 0 Å². The van der Waals surface area contributed by atoms with E-state index in [1.165, 1.54) is 25.7 Å². The van der Waals surface area contributed by atoms with Crippen molar-refractivity contribution < 1.29 is 14.3 Å². The summed E-state index contributed by atoms with van der Waals surface area (Å²) < 4.78 is 10.9. The van der Waals surface area contributed by atoms with Crippen LogP contribution in [0.25, 0.3) is 22.2 Å². The third-order valence-corrected chi connectivity index (χ3v) is 7.44. The van der Waals surface area contributed by atoms with Gasteiger partial charge >= 0.3 is 0 Å². The first kappa shape index (κ1) is 20.8. The fraction of sp³-hybridized carbons (Fsp3) is 0.407. The monoisotopic (exact) mass is 430 g/mol. The predicted molar refractivity (Wildman–Crippen MR) is 126 cm³/mol. The predicted octanol–water partition coefficient (Wildman–Crippen LogP) is 5.47. The van der Waals surface area contributed by atoms with Crippen molar-refractivity contribution in [2.75, 3.05) is 14.2 Å². The maximum atomic E-state index is 13.5. The smallest absolute Gasteiger partial charge is 0.252 e. The number of benzene rings is 2. The van der Waals surface area contributed by atoms with Crippen LogP contribution in [0.15, 0.2) is 48.5 Å². The molecule has 1 heterocycles. The zero-order valence-electron chi connectivity index (χ0n) is 18.9. The summed E-state index contributed by atoms with van der Waals surface area (Å²) in [6.07, 6.45) is 5.26. The number of amides is 1. The number of methoxy groups -OCH3 is 2. The van der Waals surface area contributed by atoms with Gasteiger partial charge in [0.15, 0.2) is 0 Å². The third kappa shape index (κ3) is 3.70. The summed E-state index contributed by atoms with van der Waals surface area (Å²) in [6.45, 7) is 2.17. The molecule has 2 aliphatic carbocycles. The van der Waals surface area contributed by atoms with Crippen LogP contribution in [0.5, 0.6) is 11.5 Å². The molecule has 1 aromatic heterocycles. The molecular weight excluding hydrogens is 400 g/mol. The van der Waals surface area contributed by atoms with Crippen LogP contribution >= 0.6 is 0 Å². The molecule has 5 rings (SSSR count). The second-order valence-corrected chi connectivity index (χ2v) is 9.24. The van der Waals surface area contributed by atoms with Crippen LogP contribution in [0, 0.1) is 17.8 Å². The highest BCUT2D eigenvalue weighted by Crippen LogP contribution is 2.49. The number of aromatic nitrogens is 1. The van der Waals surface area contributed by atoms with Gasteiger partial charge in [-0.1, -0.05) is 24.6 Å². The van der Waals surface area contributed by atoms with Crippen LogP contribution in [0.1, 0.15) is 43.0 Å². The first-order valence-electron chi connectivity index (χ1n) is 11.5. The second kappa shape index (κ2) is 8.45. The first-order valence-corrected chi connectivity index (χ1v) is 11.5. The Bertz CT molecular complexity index is 1160. The highest BCUT2D eigenvalue weighted by Gasteiger charge is 2.42. The van der Waals surface area contributed by atoms with Gasteiger partial charge in [-0.25, -0.2) is 4.98 Å². The topological polar surface area (TPSA) is 60.5 Å². The molecule has 3 aromatic rings. The SMILES string of the molecule is COc1ccc(-c2cc(C(=O)NC(C)C3CC4CCC3C4)c3ccccc3n2)c(OC)c1. The minimum Gasteiger partial charge on any atom is -0.497 e. The summed E-state index contributed by atoms with van der Waals surface area (Å²) in [7, 11) is 3.26. The lowest BCUT2D eigenvalue weighted by molar-refractivity contribution is 0.0917. The van der Waals surface area contributed by atoms with Crippen molar-refractivity contribution in [2.24, 2.45) is 17.8 Å². The van der Waals surface area contributed by atoms with Gasteiger partial charge in [0.2, 0.25) is 0 Å². The average Bonchev–Trinajstić information content (AvgIpc) is 3.47. The number of ether oxygens (including phenoxy) is 2. The van der Waals surface area contributed by atoms with Crippen molar-refractivity contribution in [3.05, 3.63) is 54.1 Å².